The predicted molar refractivity (Wildman–Crippen MR) is 93.1 cm³/mol. The molecule has 0 radical (unpaired) electrons. The van der Waals surface area contributed by atoms with Crippen LogP contribution in [0.4, 0.5) is 0 Å². The number of aliphatic carboxylic acids is 1. The van der Waals surface area contributed by atoms with Crippen LogP contribution in [-0.2, 0) is 17.8 Å². The molecule has 0 fully saturated rings. The van der Waals surface area contributed by atoms with Gasteiger partial charge in [-0.05, 0) is 42.8 Å². The molecule has 1 atom stereocenters. The molecule has 6 heteroatoms. The van der Waals surface area contributed by atoms with Crippen molar-refractivity contribution in [1.29, 1.82) is 0 Å². The van der Waals surface area contributed by atoms with Crippen molar-refractivity contribution < 1.29 is 9.90 Å². The highest BCUT2D eigenvalue weighted by molar-refractivity contribution is 7.10. The lowest BCUT2D eigenvalue weighted by Gasteiger charge is -2.27. The minimum atomic E-state index is -0.623. The number of thiophene rings is 1. The number of unbranched alkanes of at least 4 members (excludes halogenated alkanes) is 1. The van der Waals surface area contributed by atoms with Crippen molar-refractivity contribution in [2.75, 3.05) is 13.1 Å². The van der Waals surface area contributed by atoms with Crippen LogP contribution in [0.5, 0.6) is 0 Å². The van der Waals surface area contributed by atoms with E-state index in [-0.39, 0.29) is 30.7 Å². The molecular formula is C15H25Cl2NO2S. The van der Waals surface area contributed by atoms with Crippen LogP contribution in [0.25, 0.3) is 0 Å². The predicted octanol–water partition coefficient (Wildman–Crippen LogP) is 4.23. The van der Waals surface area contributed by atoms with Gasteiger partial charge in [0.1, 0.15) is 0 Å². The van der Waals surface area contributed by atoms with E-state index >= 15 is 0 Å². The fourth-order valence-electron chi connectivity index (χ4n) is 2.68. The number of hydrogen-bond donors (Lipinski definition) is 1. The van der Waals surface area contributed by atoms with Gasteiger partial charge in [-0.2, -0.15) is 0 Å². The molecule has 0 bridgehead atoms. The lowest BCUT2D eigenvalue weighted by atomic mass is 9.98. The zero-order valence-electron chi connectivity index (χ0n) is 12.4. The van der Waals surface area contributed by atoms with E-state index < -0.39 is 5.97 Å². The normalized spacial score (nSPS) is 15.5. The van der Waals surface area contributed by atoms with Crippen LogP contribution in [0.15, 0.2) is 11.4 Å². The van der Waals surface area contributed by atoms with Crippen molar-refractivity contribution in [3.05, 3.63) is 21.9 Å². The van der Waals surface area contributed by atoms with E-state index in [1.54, 1.807) is 0 Å². The van der Waals surface area contributed by atoms with Gasteiger partial charge in [0, 0.05) is 18.0 Å². The Hall–Kier alpha value is -0.290. The Morgan fingerprint density at radius 1 is 1.43 bits per heavy atom. The molecule has 0 saturated heterocycles. The minimum Gasteiger partial charge on any atom is -0.481 e. The fraction of sp³-hybridized carbons (Fsp3) is 0.667. The van der Waals surface area contributed by atoms with Crippen LogP contribution >= 0.6 is 36.2 Å². The molecule has 1 aliphatic heterocycles. The molecule has 0 saturated carbocycles. The first kappa shape index (κ1) is 20.7. The lowest BCUT2D eigenvalue weighted by Crippen LogP contribution is -2.32. The second-order valence-electron chi connectivity index (χ2n) is 5.36. The molecule has 2 rings (SSSR count). The largest absolute Gasteiger partial charge is 0.481 e. The third-order valence-electron chi connectivity index (χ3n) is 3.94. The SMILES string of the molecule is CCCCC(CCN1CCc2sccc2C1)C(=O)O.Cl.Cl. The first-order valence-corrected chi connectivity index (χ1v) is 8.09. The molecule has 1 aromatic rings. The number of rotatable bonds is 7. The van der Waals surface area contributed by atoms with E-state index in [0.717, 1.165) is 51.7 Å². The van der Waals surface area contributed by atoms with Crippen LogP contribution < -0.4 is 0 Å². The summed E-state index contributed by atoms with van der Waals surface area (Å²) < 4.78 is 0. The van der Waals surface area contributed by atoms with E-state index in [0.29, 0.717) is 0 Å². The van der Waals surface area contributed by atoms with E-state index in [2.05, 4.69) is 23.3 Å². The van der Waals surface area contributed by atoms with E-state index in [4.69, 9.17) is 0 Å². The number of fused-ring (bicyclic) bond motifs is 1. The Labute approximate surface area is 143 Å². The first-order valence-electron chi connectivity index (χ1n) is 7.21. The fourth-order valence-corrected chi connectivity index (χ4v) is 3.57. The highest BCUT2D eigenvalue weighted by Crippen LogP contribution is 2.24. The average Bonchev–Trinajstić information content (AvgIpc) is 2.85. The number of carbonyl (C=O) groups is 1. The average molecular weight is 354 g/mol. The Bertz CT molecular complexity index is 426. The second kappa shape index (κ2) is 10.4. The van der Waals surface area contributed by atoms with Crippen molar-refractivity contribution >= 4 is 42.1 Å². The van der Waals surface area contributed by atoms with Crippen LogP contribution in [0.2, 0.25) is 0 Å². The lowest BCUT2D eigenvalue weighted by molar-refractivity contribution is -0.142. The van der Waals surface area contributed by atoms with Gasteiger partial charge in [-0.15, -0.1) is 36.2 Å². The molecule has 0 amide bonds. The summed E-state index contributed by atoms with van der Waals surface area (Å²) in [6.07, 6.45) is 4.83. The summed E-state index contributed by atoms with van der Waals surface area (Å²) in [4.78, 5) is 15.1. The van der Waals surface area contributed by atoms with Gasteiger partial charge < -0.3 is 5.11 Å². The Balaban J connectivity index is 0.00000200. The second-order valence-corrected chi connectivity index (χ2v) is 6.36. The molecule has 1 N–H and O–H groups in total. The summed E-state index contributed by atoms with van der Waals surface area (Å²) in [5.74, 6) is -0.787. The Morgan fingerprint density at radius 2 is 2.19 bits per heavy atom. The molecule has 21 heavy (non-hydrogen) atoms. The maximum atomic E-state index is 11.2. The molecule has 0 aromatic carbocycles. The summed E-state index contributed by atoms with van der Waals surface area (Å²) in [7, 11) is 0. The van der Waals surface area contributed by atoms with Crippen LogP contribution in [-0.4, -0.2) is 29.1 Å². The summed E-state index contributed by atoms with van der Waals surface area (Å²) in [6.45, 7) is 5.10. The zero-order valence-corrected chi connectivity index (χ0v) is 14.9. The molecule has 2 heterocycles. The van der Waals surface area contributed by atoms with Crippen molar-refractivity contribution in [2.24, 2.45) is 5.92 Å². The van der Waals surface area contributed by atoms with Gasteiger partial charge in [0.15, 0.2) is 0 Å². The summed E-state index contributed by atoms with van der Waals surface area (Å²) in [5.41, 5.74) is 1.44. The number of carboxylic acid groups (broad SMARTS) is 1. The van der Waals surface area contributed by atoms with Crippen molar-refractivity contribution in [3.8, 4) is 0 Å². The number of nitrogens with zero attached hydrogens (tertiary/aromatic N) is 1. The highest BCUT2D eigenvalue weighted by Gasteiger charge is 2.21. The van der Waals surface area contributed by atoms with Gasteiger partial charge in [0.05, 0.1) is 5.92 Å². The van der Waals surface area contributed by atoms with Crippen LogP contribution in [0.1, 0.15) is 43.0 Å². The summed E-state index contributed by atoms with van der Waals surface area (Å²) in [6, 6.07) is 2.21. The maximum absolute atomic E-state index is 11.2. The van der Waals surface area contributed by atoms with Crippen LogP contribution in [0, 0.1) is 5.92 Å². The Kier molecular flexibility index (Phi) is 10.3. The van der Waals surface area contributed by atoms with E-state index in [9.17, 15) is 9.90 Å². The minimum absolute atomic E-state index is 0. The van der Waals surface area contributed by atoms with E-state index in [1.807, 2.05) is 11.3 Å². The first-order chi connectivity index (χ1) is 9.20. The smallest absolute Gasteiger partial charge is 0.306 e. The quantitative estimate of drug-likeness (QED) is 0.797. The maximum Gasteiger partial charge on any atom is 0.306 e. The molecule has 0 aliphatic carbocycles. The number of carboxylic acids is 1. The highest BCUT2D eigenvalue weighted by atomic mass is 35.5. The van der Waals surface area contributed by atoms with Gasteiger partial charge in [-0.1, -0.05) is 19.8 Å². The van der Waals surface area contributed by atoms with Gasteiger partial charge >= 0.3 is 5.97 Å². The molecule has 1 unspecified atom stereocenters. The molecule has 1 aromatic heterocycles. The monoisotopic (exact) mass is 353 g/mol. The molecule has 1 aliphatic rings. The van der Waals surface area contributed by atoms with Crippen molar-refractivity contribution in [2.45, 2.75) is 45.6 Å². The molecule has 122 valence electrons. The third-order valence-corrected chi connectivity index (χ3v) is 4.96. The van der Waals surface area contributed by atoms with Gasteiger partial charge in [-0.25, -0.2) is 0 Å². The number of hydrogen-bond acceptors (Lipinski definition) is 3. The van der Waals surface area contributed by atoms with Crippen molar-refractivity contribution in [1.82, 2.24) is 4.90 Å². The summed E-state index contributed by atoms with van der Waals surface area (Å²) in [5, 5.41) is 11.4. The molecule has 0 spiro atoms. The summed E-state index contributed by atoms with van der Waals surface area (Å²) >= 11 is 1.85. The molecular weight excluding hydrogens is 329 g/mol. The molecule has 3 nitrogen and oxygen atoms in total. The van der Waals surface area contributed by atoms with Gasteiger partial charge in [-0.3, -0.25) is 9.69 Å². The topological polar surface area (TPSA) is 40.5 Å². The Morgan fingerprint density at radius 3 is 2.86 bits per heavy atom. The van der Waals surface area contributed by atoms with Crippen molar-refractivity contribution in [3.63, 3.8) is 0 Å². The zero-order chi connectivity index (χ0) is 13.7. The van der Waals surface area contributed by atoms with E-state index in [1.165, 1.54) is 10.4 Å². The van der Waals surface area contributed by atoms with Gasteiger partial charge in [0.2, 0.25) is 0 Å². The van der Waals surface area contributed by atoms with Crippen LogP contribution in [0.3, 0.4) is 0 Å². The number of halogens is 2. The third kappa shape index (κ3) is 6.15. The standard InChI is InChI=1S/C15H23NO2S.2ClH/c1-2-3-4-12(15(17)18)5-8-16-9-6-14-13(11-16)7-10-19-14;;/h7,10,12H,2-6,8-9,11H2,1H3,(H,17,18);2*1H. The van der Waals surface area contributed by atoms with Gasteiger partial charge in [0.25, 0.3) is 0 Å².